The van der Waals surface area contributed by atoms with Gasteiger partial charge in [0.2, 0.25) is 0 Å². The van der Waals surface area contributed by atoms with Crippen molar-refractivity contribution in [3.8, 4) is 0 Å². The molecular weight excluding hydrogens is 208 g/mol. The number of hydrogen-bond donors (Lipinski definition) is 0. The molecule has 0 radical (unpaired) electrons. The Labute approximate surface area is 102 Å². The van der Waals surface area contributed by atoms with E-state index in [0.717, 1.165) is 10.9 Å². The SMILES string of the molecule is Cc1ccc2ccc(C(=O)C(C)(C)C)cc2c1. The van der Waals surface area contributed by atoms with Crippen LogP contribution < -0.4 is 0 Å². The molecule has 0 saturated heterocycles. The summed E-state index contributed by atoms with van der Waals surface area (Å²) in [7, 11) is 0. The van der Waals surface area contributed by atoms with Crippen molar-refractivity contribution in [2.75, 3.05) is 0 Å². The van der Waals surface area contributed by atoms with Gasteiger partial charge in [-0.15, -0.1) is 0 Å². The maximum atomic E-state index is 12.2. The monoisotopic (exact) mass is 226 g/mol. The summed E-state index contributed by atoms with van der Waals surface area (Å²) < 4.78 is 0. The maximum Gasteiger partial charge on any atom is 0.168 e. The van der Waals surface area contributed by atoms with Gasteiger partial charge in [-0.3, -0.25) is 4.79 Å². The first kappa shape index (κ1) is 11.8. The van der Waals surface area contributed by atoms with Gasteiger partial charge in [-0.25, -0.2) is 0 Å². The van der Waals surface area contributed by atoms with Crippen LogP contribution in [0.25, 0.3) is 10.8 Å². The average Bonchev–Trinajstić information content (AvgIpc) is 2.25. The second-order valence-electron chi connectivity index (χ2n) is 5.64. The van der Waals surface area contributed by atoms with Gasteiger partial charge in [0.15, 0.2) is 5.78 Å². The molecule has 2 aromatic rings. The van der Waals surface area contributed by atoms with Crippen molar-refractivity contribution >= 4 is 16.6 Å². The smallest absolute Gasteiger partial charge is 0.168 e. The van der Waals surface area contributed by atoms with Crippen molar-refractivity contribution in [3.05, 3.63) is 47.5 Å². The molecule has 0 spiro atoms. The molecular formula is C16H18O. The second kappa shape index (κ2) is 3.99. The number of fused-ring (bicyclic) bond motifs is 1. The van der Waals surface area contributed by atoms with E-state index in [1.54, 1.807) is 0 Å². The summed E-state index contributed by atoms with van der Waals surface area (Å²) in [5.74, 6) is 0.195. The standard InChI is InChI=1S/C16H18O/c1-11-5-6-12-7-8-13(10-14(12)9-11)15(17)16(2,3)4/h5-10H,1-4H3. The molecule has 1 heteroatoms. The molecule has 0 amide bonds. The quantitative estimate of drug-likeness (QED) is 0.660. The van der Waals surface area contributed by atoms with Gasteiger partial charge >= 0.3 is 0 Å². The van der Waals surface area contributed by atoms with Gasteiger partial charge in [0.05, 0.1) is 0 Å². The Kier molecular flexibility index (Phi) is 2.78. The number of hydrogen-bond acceptors (Lipinski definition) is 1. The third-order valence-corrected chi connectivity index (χ3v) is 2.94. The Morgan fingerprint density at radius 2 is 1.59 bits per heavy atom. The summed E-state index contributed by atoms with van der Waals surface area (Å²) in [6.07, 6.45) is 0. The number of benzene rings is 2. The molecule has 2 rings (SSSR count). The van der Waals surface area contributed by atoms with Crippen LogP contribution in [-0.2, 0) is 0 Å². The molecule has 0 aliphatic heterocycles. The highest BCUT2D eigenvalue weighted by atomic mass is 16.1. The average molecular weight is 226 g/mol. The Morgan fingerprint density at radius 3 is 2.24 bits per heavy atom. The summed E-state index contributed by atoms with van der Waals surface area (Å²) in [6.45, 7) is 7.93. The van der Waals surface area contributed by atoms with Crippen LogP contribution in [0.3, 0.4) is 0 Å². The van der Waals surface area contributed by atoms with Gasteiger partial charge in [-0.2, -0.15) is 0 Å². The number of carbonyl (C=O) groups is 1. The molecule has 0 atom stereocenters. The van der Waals surface area contributed by atoms with E-state index in [9.17, 15) is 4.79 Å². The maximum absolute atomic E-state index is 12.2. The summed E-state index contributed by atoms with van der Waals surface area (Å²) in [4.78, 5) is 12.2. The predicted molar refractivity (Wildman–Crippen MR) is 72.5 cm³/mol. The number of aryl methyl sites for hydroxylation is 1. The van der Waals surface area contributed by atoms with Crippen LogP contribution in [0, 0.1) is 12.3 Å². The Morgan fingerprint density at radius 1 is 0.941 bits per heavy atom. The molecule has 0 unspecified atom stereocenters. The third-order valence-electron chi connectivity index (χ3n) is 2.94. The highest BCUT2D eigenvalue weighted by Crippen LogP contribution is 2.24. The first-order chi connectivity index (χ1) is 7.88. The topological polar surface area (TPSA) is 17.1 Å². The summed E-state index contributed by atoms with van der Waals surface area (Å²) in [5.41, 5.74) is 1.70. The molecule has 88 valence electrons. The predicted octanol–water partition coefficient (Wildman–Crippen LogP) is 4.38. The Balaban J connectivity index is 2.54. The highest BCUT2D eigenvalue weighted by Gasteiger charge is 2.22. The highest BCUT2D eigenvalue weighted by molar-refractivity contribution is 6.02. The normalized spacial score (nSPS) is 11.8. The molecule has 2 aromatic carbocycles. The molecule has 0 aliphatic rings. The number of ketones is 1. The van der Waals surface area contributed by atoms with Crippen LogP contribution in [0.15, 0.2) is 36.4 Å². The van der Waals surface area contributed by atoms with E-state index in [1.165, 1.54) is 10.9 Å². The molecule has 1 nitrogen and oxygen atoms in total. The number of rotatable bonds is 1. The van der Waals surface area contributed by atoms with Crippen LogP contribution in [0.2, 0.25) is 0 Å². The number of carbonyl (C=O) groups excluding carboxylic acids is 1. The zero-order chi connectivity index (χ0) is 12.6. The molecule has 0 heterocycles. The lowest BCUT2D eigenvalue weighted by molar-refractivity contribution is 0.0858. The fourth-order valence-electron chi connectivity index (χ4n) is 1.94. The molecule has 0 aromatic heterocycles. The van der Waals surface area contributed by atoms with Gasteiger partial charge < -0.3 is 0 Å². The second-order valence-corrected chi connectivity index (χ2v) is 5.64. The number of Topliss-reactive ketones (excluding diaryl/α,β-unsaturated/α-hetero) is 1. The first-order valence-electron chi connectivity index (χ1n) is 5.93. The van der Waals surface area contributed by atoms with Crippen LogP contribution in [-0.4, -0.2) is 5.78 Å². The van der Waals surface area contributed by atoms with Crippen molar-refractivity contribution in [1.82, 2.24) is 0 Å². The van der Waals surface area contributed by atoms with Crippen LogP contribution in [0.4, 0.5) is 0 Å². The summed E-state index contributed by atoms with van der Waals surface area (Å²) in [6, 6.07) is 12.2. The van der Waals surface area contributed by atoms with E-state index in [0.29, 0.717) is 0 Å². The van der Waals surface area contributed by atoms with Crippen molar-refractivity contribution in [3.63, 3.8) is 0 Å². The minimum atomic E-state index is -0.322. The lowest BCUT2D eigenvalue weighted by Gasteiger charge is -2.16. The van der Waals surface area contributed by atoms with E-state index >= 15 is 0 Å². The van der Waals surface area contributed by atoms with E-state index < -0.39 is 0 Å². The lowest BCUT2D eigenvalue weighted by Crippen LogP contribution is -2.19. The summed E-state index contributed by atoms with van der Waals surface area (Å²) in [5, 5.41) is 2.32. The lowest BCUT2D eigenvalue weighted by atomic mass is 9.86. The Hall–Kier alpha value is -1.63. The van der Waals surface area contributed by atoms with E-state index in [4.69, 9.17) is 0 Å². The van der Waals surface area contributed by atoms with Crippen LogP contribution >= 0.6 is 0 Å². The third kappa shape index (κ3) is 2.38. The van der Waals surface area contributed by atoms with Crippen molar-refractivity contribution in [2.24, 2.45) is 5.41 Å². The molecule has 0 aliphatic carbocycles. The molecule has 0 saturated carbocycles. The fraction of sp³-hybridized carbons (Fsp3) is 0.312. The first-order valence-corrected chi connectivity index (χ1v) is 5.93. The van der Waals surface area contributed by atoms with Gasteiger partial charge in [0.1, 0.15) is 0 Å². The van der Waals surface area contributed by atoms with Crippen LogP contribution in [0.1, 0.15) is 36.7 Å². The van der Waals surface area contributed by atoms with E-state index in [-0.39, 0.29) is 11.2 Å². The van der Waals surface area contributed by atoms with Gasteiger partial charge in [0, 0.05) is 11.0 Å². The summed E-state index contributed by atoms with van der Waals surface area (Å²) >= 11 is 0. The molecule has 0 N–H and O–H groups in total. The minimum absolute atomic E-state index is 0.195. The van der Waals surface area contributed by atoms with E-state index in [1.807, 2.05) is 39.0 Å². The Bertz CT molecular complexity index is 574. The van der Waals surface area contributed by atoms with Gasteiger partial charge in [-0.05, 0) is 23.8 Å². The largest absolute Gasteiger partial charge is 0.294 e. The van der Waals surface area contributed by atoms with Crippen LogP contribution in [0.5, 0.6) is 0 Å². The zero-order valence-electron chi connectivity index (χ0n) is 10.9. The molecule has 0 fully saturated rings. The van der Waals surface area contributed by atoms with E-state index in [2.05, 4.69) is 25.1 Å². The van der Waals surface area contributed by atoms with Crippen molar-refractivity contribution < 1.29 is 4.79 Å². The van der Waals surface area contributed by atoms with Gasteiger partial charge in [-0.1, -0.05) is 56.7 Å². The van der Waals surface area contributed by atoms with Gasteiger partial charge in [0.25, 0.3) is 0 Å². The fourth-order valence-corrected chi connectivity index (χ4v) is 1.94. The molecule has 0 bridgehead atoms. The zero-order valence-corrected chi connectivity index (χ0v) is 10.9. The molecule has 17 heavy (non-hydrogen) atoms. The van der Waals surface area contributed by atoms with Crippen molar-refractivity contribution in [2.45, 2.75) is 27.7 Å². The minimum Gasteiger partial charge on any atom is -0.294 e. The van der Waals surface area contributed by atoms with Crippen molar-refractivity contribution in [1.29, 1.82) is 0 Å².